The Morgan fingerprint density at radius 3 is 2.50 bits per heavy atom. The van der Waals surface area contributed by atoms with Gasteiger partial charge in [-0.15, -0.1) is 0 Å². The van der Waals surface area contributed by atoms with Crippen molar-refractivity contribution in [3.8, 4) is 11.5 Å². The summed E-state index contributed by atoms with van der Waals surface area (Å²) in [6, 6.07) is 4.15. The summed E-state index contributed by atoms with van der Waals surface area (Å²) in [5.41, 5.74) is 0.551. The summed E-state index contributed by atoms with van der Waals surface area (Å²) in [5, 5.41) is 39.4. The van der Waals surface area contributed by atoms with Crippen LogP contribution in [0.2, 0.25) is 0 Å². The quantitative estimate of drug-likeness (QED) is 0.323. The van der Waals surface area contributed by atoms with Gasteiger partial charge in [0.2, 0.25) is 0 Å². The van der Waals surface area contributed by atoms with Crippen molar-refractivity contribution in [3.05, 3.63) is 53.1 Å². The monoisotopic (exact) mass is 360 g/mol. The molecule has 26 heavy (non-hydrogen) atoms. The van der Waals surface area contributed by atoms with Crippen molar-refractivity contribution >= 4 is 11.9 Å². The minimum absolute atomic E-state index is 0.00412. The van der Waals surface area contributed by atoms with Crippen molar-refractivity contribution in [1.29, 1.82) is 0 Å². The molecule has 0 heterocycles. The highest BCUT2D eigenvalue weighted by atomic mass is 16.3. The van der Waals surface area contributed by atoms with Crippen LogP contribution < -0.4 is 0 Å². The molecule has 0 aliphatic rings. The molecule has 5 heteroatoms. The van der Waals surface area contributed by atoms with E-state index in [4.69, 9.17) is 0 Å². The Bertz CT molecular complexity index is 722. The summed E-state index contributed by atoms with van der Waals surface area (Å²) >= 11 is 0. The molecule has 1 aromatic rings. The molecule has 0 saturated carbocycles. The zero-order valence-electron chi connectivity index (χ0n) is 15.7. The number of hydrogen-bond acceptors (Lipinski definition) is 5. The van der Waals surface area contributed by atoms with Crippen LogP contribution >= 0.6 is 0 Å². The number of aliphatic hydroxyl groups excluding tert-OH is 1. The molecule has 0 fully saturated rings. The van der Waals surface area contributed by atoms with Crippen molar-refractivity contribution < 1.29 is 25.2 Å². The summed E-state index contributed by atoms with van der Waals surface area (Å²) in [7, 11) is 0. The largest absolute Gasteiger partial charge is 0.508 e. The van der Waals surface area contributed by atoms with Gasteiger partial charge in [-0.05, 0) is 70.4 Å². The summed E-state index contributed by atoms with van der Waals surface area (Å²) in [6.45, 7) is 6.87. The van der Waals surface area contributed by atoms with Gasteiger partial charge in [0.15, 0.2) is 5.78 Å². The molecule has 2 atom stereocenters. The van der Waals surface area contributed by atoms with Crippen LogP contribution in [0.1, 0.15) is 46.1 Å². The molecule has 142 valence electrons. The van der Waals surface area contributed by atoms with Gasteiger partial charge in [-0.25, -0.2) is 0 Å². The Kier molecular flexibility index (Phi) is 7.80. The van der Waals surface area contributed by atoms with Crippen molar-refractivity contribution in [2.24, 2.45) is 0 Å². The van der Waals surface area contributed by atoms with Gasteiger partial charge >= 0.3 is 0 Å². The number of ketones is 1. The molecule has 5 nitrogen and oxygen atoms in total. The molecule has 0 radical (unpaired) electrons. The summed E-state index contributed by atoms with van der Waals surface area (Å²) in [5.74, 6) is -0.329. The van der Waals surface area contributed by atoms with Gasteiger partial charge in [-0.1, -0.05) is 23.8 Å². The number of phenols is 2. The highest BCUT2D eigenvalue weighted by Gasteiger charge is 2.17. The molecule has 1 unspecified atom stereocenters. The predicted octanol–water partition coefficient (Wildman–Crippen LogP) is 3.48. The van der Waals surface area contributed by atoms with Crippen molar-refractivity contribution in [1.82, 2.24) is 0 Å². The van der Waals surface area contributed by atoms with Gasteiger partial charge in [-0.3, -0.25) is 4.79 Å². The fraction of sp³-hybridized carbons (Fsp3) is 0.381. The van der Waals surface area contributed by atoms with E-state index in [9.17, 15) is 25.2 Å². The van der Waals surface area contributed by atoms with Crippen LogP contribution in [0, 0.1) is 0 Å². The Balaban J connectivity index is 2.70. The normalized spacial score (nSPS) is 15.5. The van der Waals surface area contributed by atoms with E-state index in [0.29, 0.717) is 24.0 Å². The van der Waals surface area contributed by atoms with Gasteiger partial charge < -0.3 is 20.4 Å². The minimum Gasteiger partial charge on any atom is -0.508 e. The van der Waals surface area contributed by atoms with E-state index in [1.54, 1.807) is 19.9 Å². The van der Waals surface area contributed by atoms with Crippen LogP contribution in [0.25, 0.3) is 6.08 Å². The molecule has 0 aliphatic carbocycles. The van der Waals surface area contributed by atoms with Crippen LogP contribution in [0.5, 0.6) is 11.5 Å². The third-order valence-electron chi connectivity index (χ3n) is 3.88. The number of allylic oxidation sites excluding steroid dienone is 2. The standard InChI is InChI=1S/C21H28O5/c1-14(2)12-19(24)20(25)15(3)6-5-10-21(4,26)11-9-16-13-17(22)7-8-18(16)23/h6-9,11-13,19,22-24,26H,5,10H2,1-4H3/b11-9+,15-6+/t19-,21?/m1/s1. The first kappa shape index (κ1) is 21.7. The second kappa shape index (κ2) is 9.36. The van der Waals surface area contributed by atoms with Gasteiger partial charge in [0, 0.05) is 5.56 Å². The third-order valence-corrected chi connectivity index (χ3v) is 3.88. The molecule has 4 N–H and O–H groups in total. The molecular formula is C21H28O5. The lowest BCUT2D eigenvalue weighted by molar-refractivity contribution is -0.121. The molecule has 0 spiro atoms. The topological polar surface area (TPSA) is 98.0 Å². The lowest BCUT2D eigenvalue weighted by atomic mass is 9.96. The average molecular weight is 360 g/mol. The smallest absolute Gasteiger partial charge is 0.190 e. The number of hydrogen-bond donors (Lipinski definition) is 4. The first-order valence-electron chi connectivity index (χ1n) is 8.49. The Morgan fingerprint density at radius 1 is 1.23 bits per heavy atom. The van der Waals surface area contributed by atoms with E-state index in [1.807, 2.05) is 13.8 Å². The average Bonchev–Trinajstić information content (AvgIpc) is 2.54. The number of aromatic hydroxyl groups is 2. The fourth-order valence-corrected chi connectivity index (χ4v) is 2.33. The molecule has 0 amide bonds. The maximum atomic E-state index is 12.0. The van der Waals surface area contributed by atoms with E-state index in [1.165, 1.54) is 36.4 Å². The highest BCUT2D eigenvalue weighted by Crippen LogP contribution is 2.25. The lowest BCUT2D eigenvalue weighted by Gasteiger charge is -2.18. The zero-order chi connectivity index (χ0) is 19.9. The molecular weight excluding hydrogens is 332 g/mol. The van der Waals surface area contributed by atoms with Crippen LogP contribution in [0.4, 0.5) is 0 Å². The number of phenolic OH excluding ortho intramolecular Hbond substituents is 2. The maximum absolute atomic E-state index is 12.0. The number of carbonyl (C=O) groups excluding carboxylic acids is 1. The number of benzene rings is 1. The third kappa shape index (κ3) is 7.25. The van der Waals surface area contributed by atoms with Gasteiger partial charge in [0.1, 0.15) is 17.6 Å². The van der Waals surface area contributed by atoms with E-state index in [2.05, 4.69) is 0 Å². The fourth-order valence-electron chi connectivity index (χ4n) is 2.33. The van der Waals surface area contributed by atoms with Crippen molar-refractivity contribution in [3.63, 3.8) is 0 Å². The number of aliphatic hydroxyl groups is 2. The van der Waals surface area contributed by atoms with E-state index in [-0.39, 0.29) is 17.3 Å². The second-order valence-electron chi connectivity index (χ2n) is 6.91. The van der Waals surface area contributed by atoms with Gasteiger partial charge in [-0.2, -0.15) is 0 Å². The SMILES string of the molecule is CC(C)=C[C@@H](O)C(=O)/C(C)=C/CCC(C)(O)/C=C/c1cc(O)ccc1O. The lowest BCUT2D eigenvalue weighted by Crippen LogP contribution is -2.21. The summed E-state index contributed by atoms with van der Waals surface area (Å²) in [6.07, 6.45) is 5.92. The first-order valence-corrected chi connectivity index (χ1v) is 8.49. The second-order valence-corrected chi connectivity index (χ2v) is 6.91. The number of Topliss-reactive ketones (excluding diaryl/α,β-unsaturated/α-hetero) is 1. The Labute approximate surface area is 154 Å². The summed E-state index contributed by atoms with van der Waals surface area (Å²) in [4.78, 5) is 12.0. The molecule has 0 aromatic heterocycles. The molecule has 0 bridgehead atoms. The molecule has 0 aliphatic heterocycles. The summed E-state index contributed by atoms with van der Waals surface area (Å²) < 4.78 is 0. The van der Waals surface area contributed by atoms with Crippen LogP contribution in [-0.4, -0.2) is 37.9 Å². The van der Waals surface area contributed by atoms with E-state index in [0.717, 1.165) is 5.57 Å². The Hall–Kier alpha value is -2.37. The maximum Gasteiger partial charge on any atom is 0.190 e. The molecule has 0 saturated heterocycles. The molecule has 1 rings (SSSR count). The number of rotatable bonds is 8. The van der Waals surface area contributed by atoms with Crippen LogP contribution in [-0.2, 0) is 4.79 Å². The van der Waals surface area contributed by atoms with Crippen molar-refractivity contribution in [2.45, 2.75) is 52.2 Å². The van der Waals surface area contributed by atoms with Crippen LogP contribution in [0.15, 0.2) is 47.6 Å². The van der Waals surface area contributed by atoms with Gasteiger partial charge in [0.25, 0.3) is 0 Å². The highest BCUT2D eigenvalue weighted by molar-refractivity contribution is 5.99. The van der Waals surface area contributed by atoms with Crippen molar-refractivity contribution in [2.75, 3.05) is 0 Å². The van der Waals surface area contributed by atoms with Crippen LogP contribution in [0.3, 0.4) is 0 Å². The molecule has 1 aromatic carbocycles. The zero-order valence-corrected chi connectivity index (χ0v) is 15.7. The number of carbonyl (C=O) groups is 1. The van der Waals surface area contributed by atoms with E-state index < -0.39 is 11.7 Å². The first-order chi connectivity index (χ1) is 12.0. The van der Waals surface area contributed by atoms with E-state index >= 15 is 0 Å². The predicted molar refractivity (Wildman–Crippen MR) is 103 cm³/mol. The Morgan fingerprint density at radius 2 is 1.88 bits per heavy atom. The minimum atomic E-state index is -1.16. The van der Waals surface area contributed by atoms with Gasteiger partial charge in [0.05, 0.1) is 5.60 Å².